The summed E-state index contributed by atoms with van der Waals surface area (Å²) in [6.45, 7) is 1.83. The standard InChI is InChI=1S/C30H30FN3O5/c1-30(28(37)19-7-3-2-4-8-19)18-25(33-39-30)20-11-16-23-24(17-20)32-26(9-5-6-10-27(35)36)34(29(23)38)22-14-12-21(31)13-15-22/h3,7-8,11-17,28,37H,2,4-6,9-10,18H2,1H3,(H,35,36). The van der Waals surface area contributed by atoms with E-state index >= 15 is 0 Å². The van der Waals surface area contributed by atoms with Gasteiger partial charge >= 0.3 is 5.97 Å². The highest BCUT2D eigenvalue weighted by Crippen LogP contribution is 2.34. The molecule has 0 amide bonds. The highest BCUT2D eigenvalue weighted by molar-refractivity contribution is 6.04. The van der Waals surface area contributed by atoms with Crippen LogP contribution in [0, 0.1) is 5.82 Å². The molecule has 2 aliphatic rings. The average Bonchev–Trinajstić information content (AvgIpc) is 3.35. The molecule has 1 aliphatic carbocycles. The number of halogens is 1. The molecular weight excluding hydrogens is 501 g/mol. The van der Waals surface area contributed by atoms with Gasteiger partial charge in [0.2, 0.25) is 0 Å². The van der Waals surface area contributed by atoms with Gasteiger partial charge in [0.1, 0.15) is 17.7 Å². The van der Waals surface area contributed by atoms with Crippen LogP contribution < -0.4 is 5.56 Å². The van der Waals surface area contributed by atoms with Crippen LogP contribution in [0.1, 0.15) is 56.8 Å². The highest BCUT2D eigenvalue weighted by Gasteiger charge is 2.43. The fourth-order valence-corrected chi connectivity index (χ4v) is 5.04. The molecule has 5 rings (SSSR count). The molecule has 1 aliphatic heterocycles. The molecule has 9 heteroatoms. The number of oxime groups is 1. The Morgan fingerprint density at radius 3 is 2.69 bits per heavy atom. The van der Waals surface area contributed by atoms with Gasteiger partial charge in [-0.3, -0.25) is 14.2 Å². The van der Waals surface area contributed by atoms with E-state index in [-0.39, 0.29) is 12.0 Å². The third-order valence-corrected chi connectivity index (χ3v) is 7.20. The maximum Gasteiger partial charge on any atom is 0.303 e. The fourth-order valence-electron chi connectivity index (χ4n) is 5.04. The average molecular weight is 532 g/mol. The molecule has 2 atom stereocenters. The van der Waals surface area contributed by atoms with Gasteiger partial charge in [-0.15, -0.1) is 0 Å². The number of carboxylic acids is 1. The molecular formula is C30H30FN3O5. The summed E-state index contributed by atoms with van der Waals surface area (Å²) in [6, 6.07) is 10.9. The first-order valence-corrected chi connectivity index (χ1v) is 13.1. The van der Waals surface area contributed by atoms with Crippen molar-refractivity contribution in [3.63, 3.8) is 0 Å². The van der Waals surface area contributed by atoms with Gasteiger partial charge in [-0.25, -0.2) is 9.37 Å². The van der Waals surface area contributed by atoms with Gasteiger partial charge in [-0.05, 0) is 74.6 Å². The number of aliphatic carboxylic acids is 1. The summed E-state index contributed by atoms with van der Waals surface area (Å²) in [5.41, 5.74) is 1.92. The summed E-state index contributed by atoms with van der Waals surface area (Å²) in [5, 5.41) is 24.7. The second-order valence-electron chi connectivity index (χ2n) is 10.2. The maximum absolute atomic E-state index is 13.6. The zero-order valence-electron chi connectivity index (χ0n) is 21.6. The number of fused-ring (bicyclic) bond motifs is 1. The number of carboxylic acid groups (broad SMARTS) is 1. The van der Waals surface area contributed by atoms with Gasteiger partial charge in [-0.2, -0.15) is 0 Å². The first kappa shape index (κ1) is 26.5. The van der Waals surface area contributed by atoms with Crippen molar-refractivity contribution in [1.29, 1.82) is 0 Å². The van der Waals surface area contributed by atoms with Crippen molar-refractivity contribution in [1.82, 2.24) is 9.55 Å². The number of nitrogens with zero attached hydrogens (tertiary/aromatic N) is 3. The lowest BCUT2D eigenvalue weighted by molar-refractivity contribution is -0.137. The third-order valence-electron chi connectivity index (χ3n) is 7.20. The zero-order valence-corrected chi connectivity index (χ0v) is 21.6. The van der Waals surface area contributed by atoms with Gasteiger partial charge in [0.05, 0.1) is 22.3 Å². The molecule has 0 fully saturated rings. The Morgan fingerprint density at radius 1 is 1.18 bits per heavy atom. The number of unbranched alkanes of at least 4 members (excludes halogenated alkanes) is 1. The molecule has 0 spiro atoms. The lowest BCUT2D eigenvalue weighted by Crippen LogP contribution is -2.40. The minimum atomic E-state index is -0.924. The summed E-state index contributed by atoms with van der Waals surface area (Å²) >= 11 is 0. The lowest BCUT2D eigenvalue weighted by Gasteiger charge is -2.29. The zero-order chi connectivity index (χ0) is 27.6. The molecule has 39 heavy (non-hydrogen) atoms. The van der Waals surface area contributed by atoms with Crippen molar-refractivity contribution < 1.29 is 24.2 Å². The topological polar surface area (TPSA) is 114 Å². The summed E-state index contributed by atoms with van der Waals surface area (Å²) in [6.07, 6.45) is 8.68. The van der Waals surface area contributed by atoms with Crippen LogP contribution >= 0.6 is 0 Å². The fraction of sp³-hybridized carbons (Fsp3) is 0.333. The largest absolute Gasteiger partial charge is 0.481 e. The lowest BCUT2D eigenvalue weighted by atomic mass is 9.85. The molecule has 2 N–H and O–H groups in total. The van der Waals surface area contributed by atoms with Gasteiger partial charge in [0, 0.05) is 24.8 Å². The number of benzene rings is 2. The van der Waals surface area contributed by atoms with Gasteiger partial charge in [0.25, 0.3) is 5.56 Å². The van der Waals surface area contributed by atoms with E-state index in [4.69, 9.17) is 14.9 Å². The minimum absolute atomic E-state index is 0.0235. The van der Waals surface area contributed by atoms with E-state index in [0.717, 1.165) is 24.0 Å². The molecule has 0 bridgehead atoms. The predicted molar refractivity (Wildman–Crippen MR) is 146 cm³/mol. The Balaban J connectivity index is 1.47. The number of aromatic nitrogens is 2. The van der Waals surface area contributed by atoms with Crippen molar-refractivity contribution in [3.05, 3.63) is 93.8 Å². The van der Waals surface area contributed by atoms with E-state index in [9.17, 15) is 19.1 Å². The molecule has 2 unspecified atom stereocenters. The molecule has 0 radical (unpaired) electrons. The van der Waals surface area contributed by atoms with Gasteiger partial charge < -0.3 is 15.1 Å². The van der Waals surface area contributed by atoms with Crippen LogP contribution in [-0.2, 0) is 16.1 Å². The Hall–Kier alpha value is -4.11. The number of hydrogen-bond acceptors (Lipinski definition) is 6. The SMILES string of the molecule is CC1(C(O)C2=CCCC=C2)CC(c2ccc3c(=O)n(-c4ccc(F)cc4)c(CCCCC(=O)O)nc3c2)=NO1. The minimum Gasteiger partial charge on any atom is -0.481 e. The van der Waals surface area contributed by atoms with E-state index in [1.807, 2.05) is 25.2 Å². The van der Waals surface area contributed by atoms with Crippen LogP contribution in [0.4, 0.5) is 4.39 Å². The second-order valence-corrected chi connectivity index (χ2v) is 10.2. The molecule has 2 heterocycles. The van der Waals surface area contributed by atoms with Crippen LogP contribution in [-0.4, -0.2) is 43.2 Å². The van der Waals surface area contributed by atoms with Crippen molar-refractivity contribution in [2.24, 2.45) is 5.16 Å². The first-order chi connectivity index (χ1) is 18.7. The van der Waals surface area contributed by atoms with E-state index < -0.39 is 23.5 Å². The van der Waals surface area contributed by atoms with Crippen LogP contribution in [0.3, 0.4) is 0 Å². The quantitative estimate of drug-likeness (QED) is 0.382. The summed E-state index contributed by atoms with van der Waals surface area (Å²) in [4.78, 5) is 35.1. The molecule has 2 aromatic carbocycles. The number of hydrogen-bond donors (Lipinski definition) is 2. The van der Waals surface area contributed by atoms with E-state index in [0.29, 0.717) is 53.8 Å². The number of allylic oxidation sites excluding steroid dienone is 2. The molecule has 202 valence electrons. The van der Waals surface area contributed by atoms with E-state index in [1.165, 1.54) is 28.8 Å². The third kappa shape index (κ3) is 5.54. The molecule has 1 aromatic heterocycles. The van der Waals surface area contributed by atoms with Crippen molar-refractivity contribution >= 4 is 22.6 Å². The first-order valence-electron chi connectivity index (χ1n) is 13.1. The number of aryl methyl sites for hydroxylation is 1. The Bertz CT molecular complexity index is 1560. The molecule has 8 nitrogen and oxygen atoms in total. The van der Waals surface area contributed by atoms with E-state index in [1.54, 1.807) is 18.2 Å². The van der Waals surface area contributed by atoms with Gasteiger partial charge in [-0.1, -0.05) is 29.5 Å². The number of aliphatic hydroxyl groups is 1. The van der Waals surface area contributed by atoms with Crippen molar-refractivity contribution in [2.75, 3.05) is 0 Å². The van der Waals surface area contributed by atoms with Crippen LogP contribution in [0.2, 0.25) is 0 Å². The smallest absolute Gasteiger partial charge is 0.303 e. The van der Waals surface area contributed by atoms with Crippen LogP contribution in [0.15, 0.2) is 76.2 Å². The van der Waals surface area contributed by atoms with Crippen molar-refractivity contribution in [2.45, 2.75) is 63.6 Å². The highest BCUT2D eigenvalue weighted by atomic mass is 19.1. The Kier molecular flexibility index (Phi) is 7.43. The summed E-state index contributed by atoms with van der Waals surface area (Å²) in [7, 11) is 0. The normalized spacial score (nSPS) is 19.5. The molecule has 0 saturated carbocycles. The summed E-state index contributed by atoms with van der Waals surface area (Å²) in [5.74, 6) is -0.835. The number of rotatable bonds is 9. The summed E-state index contributed by atoms with van der Waals surface area (Å²) < 4.78 is 15.0. The predicted octanol–water partition coefficient (Wildman–Crippen LogP) is 4.84. The molecule has 3 aromatic rings. The molecule has 0 saturated heterocycles. The number of aliphatic hydroxyl groups excluding tert-OH is 1. The Morgan fingerprint density at radius 2 is 1.97 bits per heavy atom. The Labute approximate surface area is 224 Å². The van der Waals surface area contributed by atoms with Crippen LogP contribution in [0.25, 0.3) is 16.6 Å². The van der Waals surface area contributed by atoms with Crippen LogP contribution in [0.5, 0.6) is 0 Å². The van der Waals surface area contributed by atoms with Gasteiger partial charge in [0.15, 0.2) is 5.60 Å². The number of carbonyl (C=O) groups is 1. The maximum atomic E-state index is 13.6. The monoisotopic (exact) mass is 531 g/mol. The second kappa shape index (κ2) is 10.9. The van der Waals surface area contributed by atoms with Crippen molar-refractivity contribution in [3.8, 4) is 5.69 Å². The van der Waals surface area contributed by atoms with E-state index in [2.05, 4.69) is 5.16 Å².